The number of rotatable bonds is 4. The van der Waals surface area contributed by atoms with Crippen LogP contribution in [-0.2, 0) is 22.9 Å². The first-order chi connectivity index (χ1) is 14.5. The molecule has 3 aromatic rings. The molecular weight excluding hydrogens is 422 g/mol. The first kappa shape index (κ1) is 19.7. The minimum absolute atomic E-state index is 0.332. The van der Waals surface area contributed by atoms with Crippen molar-refractivity contribution in [1.29, 1.82) is 0 Å². The van der Waals surface area contributed by atoms with Crippen molar-refractivity contribution in [3.8, 4) is 11.4 Å². The summed E-state index contributed by atoms with van der Waals surface area (Å²) in [7, 11) is -3.64. The fourth-order valence-corrected chi connectivity index (χ4v) is 6.20. The molecule has 0 saturated carbocycles. The lowest BCUT2D eigenvalue weighted by atomic mass is 9.92. The van der Waals surface area contributed by atoms with Gasteiger partial charge in [0.2, 0.25) is 21.7 Å². The van der Waals surface area contributed by atoms with E-state index in [0.29, 0.717) is 34.6 Å². The van der Waals surface area contributed by atoms with Gasteiger partial charge in [0.25, 0.3) is 0 Å². The van der Waals surface area contributed by atoms with Crippen molar-refractivity contribution in [2.24, 2.45) is 0 Å². The maximum absolute atomic E-state index is 13.4. The van der Waals surface area contributed by atoms with E-state index in [0.717, 1.165) is 36.8 Å². The van der Waals surface area contributed by atoms with Gasteiger partial charge in [0.1, 0.15) is 6.04 Å². The number of hydrogen-bond donors (Lipinski definition) is 0. The molecule has 1 aliphatic heterocycles. The Balaban J connectivity index is 1.44. The molecule has 0 unspecified atom stereocenters. The molecule has 1 atom stereocenters. The third-order valence-electron chi connectivity index (χ3n) is 5.96. The standard InChI is InChI=1S/C22H22ClN3O3S/c23-18-10-7-16(8-11-18)21-24-22(29-25-21)20-6-3-13-26(20)30(27,28)19-12-9-15-4-1-2-5-17(15)14-19/h7-12,14,20H,1-6,13H2/t20-/m0/s1. The smallest absolute Gasteiger partial charge is 0.245 e. The zero-order chi connectivity index (χ0) is 20.7. The Hall–Kier alpha value is -2.22. The highest BCUT2D eigenvalue weighted by Gasteiger charge is 2.39. The highest BCUT2D eigenvalue weighted by atomic mass is 35.5. The van der Waals surface area contributed by atoms with Crippen molar-refractivity contribution < 1.29 is 12.9 Å². The van der Waals surface area contributed by atoms with Crippen LogP contribution in [0.5, 0.6) is 0 Å². The summed E-state index contributed by atoms with van der Waals surface area (Å²) in [6.45, 7) is 0.447. The quantitative estimate of drug-likeness (QED) is 0.579. The van der Waals surface area contributed by atoms with Gasteiger partial charge in [-0.15, -0.1) is 0 Å². The maximum atomic E-state index is 13.4. The summed E-state index contributed by atoms with van der Waals surface area (Å²) in [5, 5.41) is 4.68. The summed E-state index contributed by atoms with van der Waals surface area (Å²) in [5.41, 5.74) is 3.19. The van der Waals surface area contributed by atoms with Crippen LogP contribution < -0.4 is 0 Å². The first-order valence-electron chi connectivity index (χ1n) is 10.3. The van der Waals surface area contributed by atoms with Crippen molar-refractivity contribution >= 4 is 21.6 Å². The summed E-state index contributed by atoms with van der Waals surface area (Å²) < 4.78 is 33.9. The third-order valence-corrected chi connectivity index (χ3v) is 8.12. The summed E-state index contributed by atoms with van der Waals surface area (Å²) >= 11 is 5.94. The van der Waals surface area contributed by atoms with Crippen LogP contribution in [0.2, 0.25) is 5.02 Å². The minimum atomic E-state index is -3.64. The fourth-order valence-electron chi connectivity index (χ4n) is 4.37. The van der Waals surface area contributed by atoms with Crippen molar-refractivity contribution in [3.63, 3.8) is 0 Å². The van der Waals surface area contributed by atoms with Gasteiger partial charge >= 0.3 is 0 Å². The lowest BCUT2D eigenvalue weighted by molar-refractivity contribution is 0.290. The van der Waals surface area contributed by atoms with Gasteiger partial charge < -0.3 is 4.52 Å². The predicted octanol–water partition coefficient (Wildman–Crippen LogP) is 4.79. The second-order valence-electron chi connectivity index (χ2n) is 7.87. The molecular formula is C22H22ClN3O3S. The van der Waals surface area contributed by atoms with E-state index in [2.05, 4.69) is 10.1 Å². The highest BCUT2D eigenvalue weighted by Crippen LogP contribution is 2.37. The SMILES string of the molecule is O=S(=O)(c1ccc2c(c1)CCCC2)N1CCC[C@H]1c1nc(-c2ccc(Cl)cc2)no1. The fraction of sp³-hybridized carbons (Fsp3) is 0.364. The van der Waals surface area contributed by atoms with E-state index >= 15 is 0 Å². The topological polar surface area (TPSA) is 76.3 Å². The Morgan fingerprint density at radius 3 is 2.57 bits per heavy atom. The van der Waals surface area contributed by atoms with E-state index in [1.54, 1.807) is 18.2 Å². The largest absolute Gasteiger partial charge is 0.337 e. The Bertz CT molecular complexity index is 1170. The Morgan fingerprint density at radius 2 is 1.77 bits per heavy atom. The van der Waals surface area contributed by atoms with E-state index in [1.807, 2.05) is 24.3 Å². The van der Waals surface area contributed by atoms with Gasteiger partial charge in [-0.2, -0.15) is 9.29 Å². The number of aryl methyl sites for hydroxylation is 2. The number of benzene rings is 2. The molecule has 1 aliphatic carbocycles. The Morgan fingerprint density at radius 1 is 1.00 bits per heavy atom. The minimum Gasteiger partial charge on any atom is -0.337 e. The molecule has 2 aliphatic rings. The molecule has 156 valence electrons. The number of aromatic nitrogens is 2. The molecule has 1 fully saturated rings. The van der Waals surface area contributed by atoms with Crippen molar-refractivity contribution in [2.45, 2.75) is 49.5 Å². The van der Waals surface area contributed by atoms with E-state index < -0.39 is 16.1 Å². The maximum Gasteiger partial charge on any atom is 0.245 e. The summed E-state index contributed by atoms with van der Waals surface area (Å²) in [6.07, 6.45) is 5.66. The lowest BCUT2D eigenvalue weighted by Gasteiger charge is -2.23. The van der Waals surface area contributed by atoms with Crippen LogP contribution in [0, 0.1) is 0 Å². The molecule has 8 heteroatoms. The molecule has 0 spiro atoms. The van der Waals surface area contributed by atoms with E-state index in [1.165, 1.54) is 16.3 Å². The van der Waals surface area contributed by atoms with Crippen LogP contribution in [-0.4, -0.2) is 29.4 Å². The molecule has 0 bridgehead atoms. The van der Waals surface area contributed by atoms with Crippen molar-refractivity contribution in [3.05, 3.63) is 64.5 Å². The van der Waals surface area contributed by atoms with Gasteiger partial charge in [-0.25, -0.2) is 8.42 Å². The zero-order valence-corrected chi connectivity index (χ0v) is 18.0. The Labute approximate surface area is 180 Å². The molecule has 1 saturated heterocycles. The summed E-state index contributed by atoms with van der Waals surface area (Å²) in [4.78, 5) is 4.85. The van der Waals surface area contributed by atoms with Crippen molar-refractivity contribution in [2.75, 3.05) is 6.54 Å². The van der Waals surface area contributed by atoms with Gasteiger partial charge in [0.15, 0.2) is 0 Å². The average molecular weight is 444 g/mol. The third kappa shape index (κ3) is 3.55. The van der Waals surface area contributed by atoms with Crippen LogP contribution in [0.4, 0.5) is 0 Å². The van der Waals surface area contributed by atoms with Crippen LogP contribution in [0.3, 0.4) is 0 Å². The molecule has 5 rings (SSSR count). The summed E-state index contributed by atoms with van der Waals surface area (Å²) in [6, 6.07) is 12.3. The van der Waals surface area contributed by atoms with Crippen LogP contribution in [0.1, 0.15) is 48.7 Å². The van der Waals surface area contributed by atoms with Crippen molar-refractivity contribution in [1.82, 2.24) is 14.4 Å². The van der Waals surface area contributed by atoms with Gasteiger partial charge in [-0.1, -0.05) is 22.8 Å². The van der Waals surface area contributed by atoms with E-state index in [9.17, 15) is 8.42 Å². The Kier molecular flexibility index (Phi) is 5.13. The highest BCUT2D eigenvalue weighted by molar-refractivity contribution is 7.89. The predicted molar refractivity (Wildman–Crippen MR) is 114 cm³/mol. The number of sulfonamides is 1. The molecule has 2 heterocycles. The molecule has 0 amide bonds. The number of fused-ring (bicyclic) bond motifs is 1. The van der Waals surface area contributed by atoms with Gasteiger partial charge in [-0.3, -0.25) is 0 Å². The summed E-state index contributed by atoms with van der Waals surface area (Å²) in [5.74, 6) is 0.763. The average Bonchev–Trinajstić information content (AvgIpc) is 3.44. The second-order valence-corrected chi connectivity index (χ2v) is 10.2. The zero-order valence-electron chi connectivity index (χ0n) is 16.4. The van der Waals surface area contributed by atoms with Gasteiger partial charge in [0, 0.05) is 17.1 Å². The monoisotopic (exact) mass is 443 g/mol. The van der Waals surface area contributed by atoms with Crippen LogP contribution in [0.15, 0.2) is 51.9 Å². The normalized spacial score (nSPS) is 19.7. The molecule has 2 aromatic carbocycles. The van der Waals surface area contributed by atoms with Crippen LogP contribution >= 0.6 is 11.6 Å². The van der Waals surface area contributed by atoms with Gasteiger partial charge in [-0.05, 0) is 86.1 Å². The van der Waals surface area contributed by atoms with Crippen LogP contribution in [0.25, 0.3) is 11.4 Å². The molecule has 1 aromatic heterocycles. The lowest BCUT2D eigenvalue weighted by Crippen LogP contribution is -2.31. The first-order valence-corrected chi connectivity index (χ1v) is 12.1. The second kappa shape index (κ2) is 7.80. The van der Waals surface area contributed by atoms with Gasteiger partial charge in [0.05, 0.1) is 4.90 Å². The number of halogens is 1. The molecule has 30 heavy (non-hydrogen) atoms. The number of nitrogens with zero attached hydrogens (tertiary/aromatic N) is 3. The molecule has 0 radical (unpaired) electrons. The molecule has 6 nitrogen and oxygen atoms in total. The van der Waals surface area contributed by atoms with E-state index in [-0.39, 0.29) is 0 Å². The van der Waals surface area contributed by atoms with E-state index in [4.69, 9.17) is 16.1 Å². The molecule has 0 N–H and O–H groups in total. The number of hydrogen-bond acceptors (Lipinski definition) is 5.